The molecule has 0 fully saturated rings. The van der Waals surface area contributed by atoms with Gasteiger partial charge >= 0.3 is 5.97 Å². The van der Waals surface area contributed by atoms with E-state index in [1.807, 2.05) is 6.07 Å². The van der Waals surface area contributed by atoms with Crippen molar-refractivity contribution in [2.75, 3.05) is 17.3 Å². The molecular weight excluding hydrogens is 424 g/mol. The molecule has 0 radical (unpaired) electrons. The number of nitrogens with one attached hydrogen (secondary N) is 1. The smallest absolute Gasteiger partial charge is 0.346 e. The van der Waals surface area contributed by atoms with E-state index in [1.54, 1.807) is 49.5 Å². The quantitative estimate of drug-likeness (QED) is 0.622. The summed E-state index contributed by atoms with van der Waals surface area (Å²) in [7, 11) is 1.62. The van der Waals surface area contributed by atoms with Crippen molar-refractivity contribution in [2.24, 2.45) is 0 Å². The van der Waals surface area contributed by atoms with Crippen molar-refractivity contribution in [1.82, 2.24) is 0 Å². The van der Waals surface area contributed by atoms with Gasteiger partial charge in [-0.3, -0.25) is 9.59 Å². The van der Waals surface area contributed by atoms with Gasteiger partial charge in [0.25, 0.3) is 0 Å². The Labute approximate surface area is 180 Å². The standard InChI is InChI=1S/C22H15ClN2O4S/c1-25-17-12(8-5-9-13(17)23)22(21(25)29)10-14(26)24-16-15(11-6-3-2-4-7-11)18(20(27)28)30-19(16)22/h2-9H,10H2,1H3,(H,24,26)(H,27,28)/t22-/m0/s1. The van der Waals surface area contributed by atoms with Gasteiger partial charge in [-0.25, -0.2) is 4.79 Å². The van der Waals surface area contributed by atoms with E-state index in [2.05, 4.69) is 5.32 Å². The van der Waals surface area contributed by atoms with Crippen LogP contribution in [-0.2, 0) is 15.0 Å². The van der Waals surface area contributed by atoms with E-state index < -0.39 is 11.4 Å². The molecule has 2 amide bonds. The maximum absolute atomic E-state index is 13.6. The third kappa shape index (κ3) is 2.33. The van der Waals surface area contributed by atoms with Crippen molar-refractivity contribution >= 4 is 52.1 Å². The maximum Gasteiger partial charge on any atom is 0.346 e. The Morgan fingerprint density at radius 2 is 1.90 bits per heavy atom. The summed E-state index contributed by atoms with van der Waals surface area (Å²) in [6, 6.07) is 14.2. The van der Waals surface area contributed by atoms with E-state index in [-0.39, 0.29) is 23.1 Å². The number of anilines is 2. The molecule has 3 aromatic rings. The number of hydrogen-bond acceptors (Lipinski definition) is 4. The first-order valence-electron chi connectivity index (χ1n) is 9.19. The van der Waals surface area contributed by atoms with Gasteiger partial charge in [-0.05, 0) is 17.2 Å². The Kier molecular flexibility index (Phi) is 4.03. The highest BCUT2D eigenvalue weighted by Crippen LogP contribution is 2.58. The van der Waals surface area contributed by atoms with E-state index in [4.69, 9.17) is 11.6 Å². The Hall–Kier alpha value is -3.16. The number of aromatic carboxylic acids is 1. The zero-order valence-electron chi connectivity index (χ0n) is 15.7. The van der Waals surface area contributed by atoms with Crippen molar-refractivity contribution in [3.8, 4) is 11.1 Å². The highest BCUT2D eigenvalue weighted by atomic mass is 35.5. The third-order valence-corrected chi connectivity index (χ3v) is 7.34. The van der Waals surface area contributed by atoms with Crippen molar-refractivity contribution < 1.29 is 19.5 Å². The molecule has 0 saturated carbocycles. The summed E-state index contributed by atoms with van der Waals surface area (Å²) < 4.78 is 0. The van der Waals surface area contributed by atoms with Crippen LogP contribution in [0.25, 0.3) is 11.1 Å². The van der Waals surface area contributed by atoms with Gasteiger partial charge in [0.15, 0.2) is 0 Å². The molecule has 2 N–H and O–H groups in total. The first-order valence-corrected chi connectivity index (χ1v) is 10.4. The first kappa shape index (κ1) is 18.8. The van der Waals surface area contributed by atoms with Gasteiger partial charge in [0.2, 0.25) is 11.8 Å². The summed E-state index contributed by atoms with van der Waals surface area (Å²) in [5.41, 5.74) is 1.34. The van der Waals surface area contributed by atoms with Gasteiger partial charge in [-0.1, -0.05) is 54.1 Å². The lowest BCUT2D eigenvalue weighted by molar-refractivity contribution is -0.126. The van der Waals surface area contributed by atoms with Crippen LogP contribution in [0.1, 0.15) is 26.5 Å². The van der Waals surface area contributed by atoms with E-state index in [0.29, 0.717) is 38.0 Å². The topological polar surface area (TPSA) is 86.7 Å². The number of amides is 2. The lowest BCUT2D eigenvalue weighted by Crippen LogP contribution is -2.45. The lowest BCUT2D eigenvalue weighted by Gasteiger charge is -2.32. The molecule has 6 nitrogen and oxygen atoms in total. The Morgan fingerprint density at radius 3 is 2.60 bits per heavy atom. The van der Waals surface area contributed by atoms with Gasteiger partial charge in [-0.2, -0.15) is 0 Å². The summed E-state index contributed by atoms with van der Waals surface area (Å²) in [5, 5.41) is 13.2. The molecule has 2 aliphatic rings. The van der Waals surface area contributed by atoms with Gasteiger partial charge in [0.05, 0.1) is 27.7 Å². The van der Waals surface area contributed by atoms with Crippen LogP contribution in [0.2, 0.25) is 5.02 Å². The van der Waals surface area contributed by atoms with E-state index in [1.165, 1.54) is 4.90 Å². The number of halogens is 1. The molecule has 30 heavy (non-hydrogen) atoms. The zero-order valence-corrected chi connectivity index (χ0v) is 17.3. The molecule has 1 aromatic heterocycles. The number of fused-ring (bicyclic) bond motifs is 4. The molecule has 150 valence electrons. The Bertz CT molecular complexity index is 1250. The summed E-state index contributed by atoms with van der Waals surface area (Å²) in [5.74, 6) is -1.74. The number of carbonyl (C=O) groups excluding carboxylic acids is 2. The van der Waals surface area contributed by atoms with E-state index >= 15 is 0 Å². The molecule has 3 heterocycles. The molecule has 0 saturated heterocycles. The summed E-state index contributed by atoms with van der Waals surface area (Å²) in [6.45, 7) is 0. The fourth-order valence-electron chi connectivity index (χ4n) is 4.48. The average Bonchev–Trinajstić information content (AvgIpc) is 3.20. The number of likely N-dealkylation sites (N-methyl/N-ethyl adjacent to an activating group) is 1. The second-order valence-corrected chi connectivity index (χ2v) is 8.74. The number of carboxylic acids is 1. The SMILES string of the molecule is CN1C(=O)[C@@]2(CC(=O)Nc3c2sc(C(=O)O)c3-c2ccccc2)c2cccc(Cl)c21. The van der Waals surface area contributed by atoms with Gasteiger partial charge < -0.3 is 15.3 Å². The largest absolute Gasteiger partial charge is 0.477 e. The van der Waals surface area contributed by atoms with E-state index in [0.717, 1.165) is 11.3 Å². The molecular formula is C22H15ClN2O4S. The number of para-hydroxylation sites is 1. The second kappa shape index (κ2) is 6.42. The van der Waals surface area contributed by atoms with Crippen LogP contribution in [0.15, 0.2) is 48.5 Å². The number of nitrogens with zero attached hydrogens (tertiary/aromatic N) is 1. The summed E-state index contributed by atoms with van der Waals surface area (Å²) in [4.78, 5) is 40.6. The van der Waals surface area contributed by atoms with Gasteiger partial charge in [-0.15, -0.1) is 11.3 Å². The van der Waals surface area contributed by atoms with Crippen LogP contribution in [0, 0.1) is 0 Å². The van der Waals surface area contributed by atoms with Crippen molar-refractivity contribution in [3.05, 3.63) is 68.9 Å². The van der Waals surface area contributed by atoms with Crippen LogP contribution >= 0.6 is 22.9 Å². The zero-order chi connectivity index (χ0) is 21.2. The molecule has 0 unspecified atom stereocenters. The fraction of sp³-hybridized carbons (Fsp3) is 0.136. The maximum atomic E-state index is 13.6. The summed E-state index contributed by atoms with van der Waals surface area (Å²) >= 11 is 7.43. The predicted molar refractivity (Wildman–Crippen MR) is 116 cm³/mol. The first-order chi connectivity index (χ1) is 14.4. The number of benzene rings is 2. The number of hydrogen-bond donors (Lipinski definition) is 2. The monoisotopic (exact) mass is 438 g/mol. The fourth-order valence-corrected chi connectivity index (χ4v) is 6.09. The highest BCUT2D eigenvalue weighted by Gasteiger charge is 2.57. The minimum absolute atomic E-state index is 0.0821. The Morgan fingerprint density at radius 1 is 1.17 bits per heavy atom. The molecule has 8 heteroatoms. The highest BCUT2D eigenvalue weighted by molar-refractivity contribution is 7.15. The van der Waals surface area contributed by atoms with Crippen LogP contribution in [0.5, 0.6) is 0 Å². The minimum Gasteiger partial charge on any atom is -0.477 e. The number of rotatable bonds is 2. The number of carboxylic acid groups (broad SMARTS) is 1. The average molecular weight is 439 g/mol. The second-order valence-electron chi connectivity index (χ2n) is 7.31. The van der Waals surface area contributed by atoms with Crippen molar-refractivity contribution in [2.45, 2.75) is 11.8 Å². The van der Waals surface area contributed by atoms with Gasteiger partial charge in [0, 0.05) is 12.6 Å². The number of thiophene rings is 1. The molecule has 2 aliphatic heterocycles. The van der Waals surface area contributed by atoms with Gasteiger partial charge in [0.1, 0.15) is 10.3 Å². The predicted octanol–water partition coefficient (Wildman–Crippen LogP) is 4.37. The van der Waals surface area contributed by atoms with E-state index in [9.17, 15) is 19.5 Å². The van der Waals surface area contributed by atoms with Crippen LogP contribution in [-0.4, -0.2) is 29.9 Å². The molecule has 0 bridgehead atoms. The van der Waals surface area contributed by atoms with Crippen LogP contribution in [0.4, 0.5) is 11.4 Å². The molecule has 2 aromatic carbocycles. The van der Waals surface area contributed by atoms with Crippen molar-refractivity contribution in [3.63, 3.8) is 0 Å². The third-order valence-electron chi connectivity index (χ3n) is 5.69. The summed E-state index contributed by atoms with van der Waals surface area (Å²) in [6.07, 6.45) is -0.107. The normalized spacial score (nSPS) is 19.6. The minimum atomic E-state index is -1.30. The van der Waals surface area contributed by atoms with Crippen LogP contribution < -0.4 is 10.2 Å². The molecule has 0 aliphatic carbocycles. The molecule has 1 atom stereocenters. The van der Waals surface area contributed by atoms with Crippen molar-refractivity contribution in [1.29, 1.82) is 0 Å². The lowest BCUT2D eigenvalue weighted by atomic mass is 9.74. The molecule has 5 rings (SSSR count). The number of carbonyl (C=O) groups is 3. The van der Waals surface area contributed by atoms with Crippen LogP contribution in [0.3, 0.4) is 0 Å². The molecule has 1 spiro atoms. The Balaban J connectivity index is 1.88.